The molecule has 1 fully saturated rings. The third-order valence-corrected chi connectivity index (χ3v) is 5.74. The van der Waals surface area contributed by atoms with E-state index in [1.807, 2.05) is 11.3 Å². The van der Waals surface area contributed by atoms with Crippen LogP contribution in [0.25, 0.3) is 0 Å². The van der Waals surface area contributed by atoms with E-state index in [9.17, 15) is 0 Å². The smallest absolute Gasteiger partial charge is 0.0479 e. The summed E-state index contributed by atoms with van der Waals surface area (Å²) in [5.41, 5.74) is 1.57. The van der Waals surface area contributed by atoms with Crippen molar-refractivity contribution >= 4 is 11.3 Å². The molecule has 2 aliphatic rings. The van der Waals surface area contributed by atoms with Crippen molar-refractivity contribution in [3.05, 3.63) is 21.4 Å². The summed E-state index contributed by atoms with van der Waals surface area (Å²) < 4.78 is 0. The van der Waals surface area contributed by atoms with E-state index in [0.717, 1.165) is 6.42 Å². The number of aliphatic hydroxyl groups is 1. The number of thiophene rings is 1. The zero-order valence-electron chi connectivity index (χ0n) is 11.8. The summed E-state index contributed by atoms with van der Waals surface area (Å²) in [6.07, 6.45) is 4.71. The van der Waals surface area contributed by atoms with Crippen LogP contribution in [0.3, 0.4) is 0 Å². The average Bonchev–Trinajstić information content (AvgIpc) is 2.82. The molecule has 0 saturated carbocycles. The van der Waals surface area contributed by atoms with Crippen LogP contribution in [0.15, 0.2) is 6.07 Å². The van der Waals surface area contributed by atoms with E-state index in [2.05, 4.69) is 22.9 Å². The first-order valence-electron chi connectivity index (χ1n) is 7.43. The van der Waals surface area contributed by atoms with Crippen molar-refractivity contribution in [3.63, 3.8) is 0 Å². The highest BCUT2D eigenvalue weighted by atomic mass is 32.1. The maximum atomic E-state index is 9.12. The van der Waals surface area contributed by atoms with Gasteiger partial charge in [0.1, 0.15) is 0 Å². The van der Waals surface area contributed by atoms with Crippen molar-refractivity contribution in [1.82, 2.24) is 9.80 Å². The normalized spacial score (nSPS) is 25.5. The number of rotatable bonds is 3. The predicted octanol–water partition coefficient (Wildman–Crippen LogP) is 1.91. The lowest BCUT2D eigenvalue weighted by Gasteiger charge is -2.39. The van der Waals surface area contributed by atoms with Gasteiger partial charge in [0.05, 0.1) is 0 Å². The van der Waals surface area contributed by atoms with Crippen LogP contribution in [0.1, 0.15) is 34.2 Å². The Kier molecular flexibility index (Phi) is 4.22. The molecule has 0 amide bonds. The van der Waals surface area contributed by atoms with Crippen LogP contribution in [0.4, 0.5) is 0 Å². The zero-order chi connectivity index (χ0) is 13.2. The van der Waals surface area contributed by atoms with Crippen LogP contribution < -0.4 is 0 Å². The monoisotopic (exact) mass is 280 g/mol. The van der Waals surface area contributed by atoms with E-state index in [0.29, 0.717) is 6.04 Å². The largest absolute Gasteiger partial charge is 0.396 e. The van der Waals surface area contributed by atoms with Crippen molar-refractivity contribution < 1.29 is 5.11 Å². The second kappa shape index (κ2) is 5.92. The van der Waals surface area contributed by atoms with Gasteiger partial charge in [0.25, 0.3) is 0 Å². The number of nitrogens with zero attached hydrogens (tertiary/aromatic N) is 2. The molecule has 19 heavy (non-hydrogen) atoms. The summed E-state index contributed by atoms with van der Waals surface area (Å²) in [4.78, 5) is 8.05. The summed E-state index contributed by atoms with van der Waals surface area (Å²) in [5, 5.41) is 9.12. The number of likely N-dealkylation sites (N-methyl/N-ethyl adjacent to an activating group) is 1. The molecule has 4 heteroatoms. The third-order valence-electron chi connectivity index (χ3n) is 4.47. The van der Waals surface area contributed by atoms with Crippen molar-refractivity contribution in [3.8, 4) is 0 Å². The molecule has 1 aromatic rings. The number of aryl methyl sites for hydroxylation is 1. The lowest BCUT2D eigenvalue weighted by atomic mass is 9.92. The molecule has 3 nitrogen and oxygen atoms in total. The highest BCUT2D eigenvalue weighted by Gasteiger charge is 2.29. The predicted molar refractivity (Wildman–Crippen MR) is 79.9 cm³/mol. The Labute approximate surface area is 119 Å². The highest BCUT2D eigenvalue weighted by molar-refractivity contribution is 7.12. The van der Waals surface area contributed by atoms with Crippen LogP contribution in [-0.4, -0.2) is 54.7 Å². The summed E-state index contributed by atoms with van der Waals surface area (Å²) in [5.74, 6) is 0. The van der Waals surface area contributed by atoms with Gasteiger partial charge in [-0.05, 0) is 37.9 Å². The zero-order valence-corrected chi connectivity index (χ0v) is 12.6. The van der Waals surface area contributed by atoms with E-state index in [4.69, 9.17) is 5.11 Å². The number of hydrogen-bond donors (Lipinski definition) is 1. The topological polar surface area (TPSA) is 26.7 Å². The van der Waals surface area contributed by atoms with Gasteiger partial charge in [-0.1, -0.05) is 0 Å². The van der Waals surface area contributed by atoms with Gasteiger partial charge < -0.3 is 10.0 Å². The minimum absolute atomic E-state index is 0.276. The quantitative estimate of drug-likeness (QED) is 0.916. The Bertz CT molecular complexity index is 424. The molecule has 0 radical (unpaired) electrons. The third kappa shape index (κ3) is 2.87. The van der Waals surface area contributed by atoms with Crippen molar-refractivity contribution in [2.45, 2.75) is 31.7 Å². The molecule has 1 aliphatic carbocycles. The lowest BCUT2D eigenvalue weighted by Crippen LogP contribution is -2.46. The van der Waals surface area contributed by atoms with Crippen LogP contribution in [0, 0.1) is 0 Å². The van der Waals surface area contributed by atoms with Crippen molar-refractivity contribution in [1.29, 1.82) is 0 Å². The van der Waals surface area contributed by atoms with Crippen LogP contribution >= 0.6 is 11.3 Å². The molecule has 1 atom stereocenters. The molecule has 0 spiro atoms. The fraction of sp³-hybridized carbons (Fsp3) is 0.733. The summed E-state index contributed by atoms with van der Waals surface area (Å²) in [6, 6.07) is 3.01. The molecule has 0 aromatic carbocycles. The maximum absolute atomic E-state index is 9.12. The molecule has 0 bridgehead atoms. The van der Waals surface area contributed by atoms with Gasteiger partial charge in [0.2, 0.25) is 0 Å². The molecule has 1 unspecified atom stereocenters. The summed E-state index contributed by atoms with van der Waals surface area (Å²) in [6.45, 7) is 5.06. The molecule has 1 saturated heterocycles. The van der Waals surface area contributed by atoms with Crippen LogP contribution in [-0.2, 0) is 12.8 Å². The molecule has 1 aromatic heterocycles. The number of hydrogen-bond acceptors (Lipinski definition) is 4. The van der Waals surface area contributed by atoms with Crippen molar-refractivity contribution in [2.24, 2.45) is 0 Å². The van der Waals surface area contributed by atoms with Gasteiger partial charge in [-0.3, -0.25) is 4.90 Å². The van der Waals surface area contributed by atoms with Crippen LogP contribution in [0.5, 0.6) is 0 Å². The summed E-state index contributed by atoms with van der Waals surface area (Å²) >= 11 is 1.93. The van der Waals surface area contributed by atoms with Crippen molar-refractivity contribution in [2.75, 3.05) is 39.8 Å². The molecule has 1 aliphatic heterocycles. The first kappa shape index (κ1) is 13.6. The van der Waals surface area contributed by atoms with Gasteiger partial charge in [0.15, 0.2) is 0 Å². The first-order valence-corrected chi connectivity index (χ1v) is 8.24. The lowest BCUT2D eigenvalue weighted by molar-refractivity contribution is 0.103. The van der Waals surface area contributed by atoms with Gasteiger partial charge in [0, 0.05) is 55.0 Å². The van der Waals surface area contributed by atoms with E-state index < -0.39 is 0 Å². The number of aliphatic hydroxyl groups excluding tert-OH is 1. The van der Waals surface area contributed by atoms with Crippen LogP contribution in [0.2, 0.25) is 0 Å². The standard InChI is InChI=1S/C15H24N2OS/c1-16-6-8-17(9-7-16)14-3-2-4-15-13(14)11-12(19-15)5-10-18/h11,14,18H,2-10H2,1H3. The minimum atomic E-state index is 0.276. The Hall–Kier alpha value is -0.420. The number of fused-ring (bicyclic) bond motifs is 1. The van der Waals surface area contributed by atoms with E-state index >= 15 is 0 Å². The Morgan fingerprint density at radius 1 is 1.32 bits per heavy atom. The van der Waals surface area contributed by atoms with E-state index in [1.54, 1.807) is 10.4 Å². The second-order valence-electron chi connectivity index (χ2n) is 5.81. The molecule has 106 valence electrons. The number of piperazine rings is 1. The van der Waals surface area contributed by atoms with Gasteiger partial charge >= 0.3 is 0 Å². The SMILES string of the molecule is CN1CCN(C2CCCc3sc(CCO)cc32)CC1. The molecular formula is C15H24N2OS. The Morgan fingerprint density at radius 2 is 2.11 bits per heavy atom. The first-order chi connectivity index (χ1) is 9.28. The van der Waals surface area contributed by atoms with Gasteiger partial charge in [-0.15, -0.1) is 11.3 Å². The second-order valence-corrected chi connectivity index (χ2v) is 7.03. The average molecular weight is 280 g/mol. The fourth-order valence-electron chi connectivity index (χ4n) is 3.34. The summed E-state index contributed by atoms with van der Waals surface area (Å²) in [7, 11) is 2.22. The minimum Gasteiger partial charge on any atom is -0.396 e. The molecule has 3 rings (SSSR count). The molecular weight excluding hydrogens is 256 g/mol. The van der Waals surface area contributed by atoms with Gasteiger partial charge in [-0.25, -0.2) is 0 Å². The Balaban J connectivity index is 1.77. The van der Waals surface area contributed by atoms with E-state index in [1.165, 1.54) is 50.3 Å². The highest BCUT2D eigenvalue weighted by Crippen LogP contribution is 2.39. The molecule has 1 N–H and O–H groups in total. The Morgan fingerprint density at radius 3 is 2.84 bits per heavy atom. The maximum Gasteiger partial charge on any atom is 0.0479 e. The van der Waals surface area contributed by atoms with E-state index in [-0.39, 0.29) is 6.61 Å². The molecule has 2 heterocycles. The van der Waals surface area contributed by atoms with Gasteiger partial charge in [-0.2, -0.15) is 0 Å². The fourth-order valence-corrected chi connectivity index (χ4v) is 4.59.